The van der Waals surface area contributed by atoms with Gasteiger partial charge in [-0.05, 0) is 74.8 Å². The number of carbonyl (C=O) groups is 3. The van der Waals surface area contributed by atoms with Gasteiger partial charge in [0.1, 0.15) is 22.8 Å². The van der Waals surface area contributed by atoms with Crippen molar-refractivity contribution in [2.24, 2.45) is 17.6 Å². The second kappa shape index (κ2) is 9.01. The number of aromatic hydroxyl groups is 1. The van der Waals surface area contributed by atoms with Crippen LogP contribution >= 0.6 is 0 Å². The van der Waals surface area contributed by atoms with Crippen LogP contribution in [0.4, 0.5) is 5.69 Å². The molecule has 8 N–H and O–H groups in total. The molecule has 10 nitrogen and oxygen atoms in total. The fourth-order valence-corrected chi connectivity index (χ4v) is 6.07. The predicted molar refractivity (Wildman–Crippen MR) is 141 cm³/mol. The third kappa shape index (κ3) is 3.78. The van der Waals surface area contributed by atoms with Crippen molar-refractivity contribution in [1.29, 1.82) is 0 Å². The van der Waals surface area contributed by atoms with Gasteiger partial charge < -0.3 is 31.9 Å². The smallest absolute Gasteiger partial charge is 0.255 e. The van der Waals surface area contributed by atoms with Crippen LogP contribution in [0.25, 0.3) is 0 Å². The van der Waals surface area contributed by atoms with Crippen LogP contribution < -0.4 is 11.5 Å². The van der Waals surface area contributed by atoms with Crippen molar-refractivity contribution >= 4 is 23.2 Å². The van der Waals surface area contributed by atoms with Crippen molar-refractivity contribution in [1.82, 2.24) is 4.90 Å². The zero-order valence-electron chi connectivity index (χ0n) is 21.2. The van der Waals surface area contributed by atoms with E-state index in [1.807, 2.05) is 0 Å². The van der Waals surface area contributed by atoms with Crippen molar-refractivity contribution < 1.29 is 34.8 Å². The molecule has 2 aromatic rings. The number of aliphatic hydroxyl groups excluding tert-OH is 2. The van der Waals surface area contributed by atoms with E-state index in [1.165, 1.54) is 11.0 Å². The summed E-state index contributed by atoms with van der Waals surface area (Å²) in [6, 6.07) is 8.80. The van der Waals surface area contributed by atoms with Gasteiger partial charge in [-0.15, -0.1) is 0 Å². The molecule has 0 heterocycles. The SMILES string of the molecule is CN(C)C1C(O)=C(C(N)=O)C(=O)C2(O)C(O)=C3C(=O)c4c(O)ccc(C#Cc5ccc(N)cc5)c4CC3CC12. The molecule has 0 saturated carbocycles. The van der Waals surface area contributed by atoms with Gasteiger partial charge in [0.15, 0.2) is 11.4 Å². The molecule has 3 aliphatic rings. The lowest BCUT2D eigenvalue weighted by Crippen LogP contribution is -2.63. The van der Waals surface area contributed by atoms with Crippen LogP contribution in [0.1, 0.15) is 33.5 Å². The van der Waals surface area contributed by atoms with E-state index in [2.05, 4.69) is 11.8 Å². The molecule has 0 bridgehead atoms. The maximum Gasteiger partial charge on any atom is 0.255 e. The van der Waals surface area contributed by atoms with Crippen LogP contribution in [0.2, 0.25) is 0 Å². The zero-order chi connectivity index (χ0) is 28.4. The topological polar surface area (TPSA) is 187 Å². The molecular formula is C29H27N3O7. The number of primary amides is 1. The Labute approximate surface area is 223 Å². The molecule has 0 radical (unpaired) electrons. The first-order valence-electron chi connectivity index (χ1n) is 12.2. The summed E-state index contributed by atoms with van der Waals surface area (Å²) in [5.74, 6) is -0.847. The van der Waals surface area contributed by atoms with Crippen molar-refractivity contribution in [2.45, 2.75) is 24.5 Å². The van der Waals surface area contributed by atoms with Gasteiger partial charge in [0.2, 0.25) is 5.78 Å². The number of hydrogen-bond donors (Lipinski definition) is 6. The second-order valence-electron chi connectivity index (χ2n) is 10.3. The predicted octanol–water partition coefficient (Wildman–Crippen LogP) is 1.10. The normalized spacial score (nSPS) is 26.0. The number of ketones is 2. The molecule has 2 aromatic carbocycles. The van der Waals surface area contributed by atoms with E-state index in [1.54, 1.807) is 44.4 Å². The number of benzene rings is 2. The van der Waals surface area contributed by atoms with E-state index in [-0.39, 0.29) is 29.7 Å². The average molecular weight is 530 g/mol. The molecule has 0 aromatic heterocycles. The summed E-state index contributed by atoms with van der Waals surface area (Å²) in [5.41, 5.74) is 9.51. The molecule has 4 atom stereocenters. The van der Waals surface area contributed by atoms with Crippen LogP contribution in [-0.2, 0) is 16.0 Å². The Morgan fingerprint density at radius 1 is 1.05 bits per heavy atom. The second-order valence-corrected chi connectivity index (χ2v) is 10.3. The summed E-state index contributed by atoms with van der Waals surface area (Å²) >= 11 is 0. The molecule has 0 saturated heterocycles. The van der Waals surface area contributed by atoms with Crippen molar-refractivity contribution in [3.05, 3.63) is 81.3 Å². The summed E-state index contributed by atoms with van der Waals surface area (Å²) in [5, 5.41) is 44.5. The van der Waals surface area contributed by atoms with E-state index in [0.717, 1.165) is 0 Å². The number of nitrogens with zero attached hydrogens (tertiary/aromatic N) is 1. The highest BCUT2D eigenvalue weighted by Crippen LogP contribution is 2.52. The first-order chi connectivity index (χ1) is 18.4. The Hall–Kier alpha value is -4.59. The molecule has 200 valence electrons. The van der Waals surface area contributed by atoms with Crippen LogP contribution in [0.15, 0.2) is 59.1 Å². The monoisotopic (exact) mass is 529 g/mol. The third-order valence-electron chi connectivity index (χ3n) is 7.86. The highest BCUT2D eigenvalue weighted by Gasteiger charge is 2.63. The van der Waals surface area contributed by atoms with Gasteiger partial charge >= 0.3 is 0 Å². The first-order valence-corrected chi connectivity index (χ1v) is 12.2. The first kappa shape index (κ1) is 26.0. The Balaban J connectivity index is 1.66. The Kier molecular flexibility index (Phi) is 6.01. The summed E-state index contributed by atoms with van der Waals surface area (Å²) < 4.78 is 0. The number of phenols is 1. The summed E-state index contributed by atoms with van der Waals surface area (Å²) in [6.45, 7) is 0. The lowest BCUT2D eigenvalue weighted by Gasteiger charge is -2.50. The zero-order valence-corrected chi connectivity index (χ0v) is 21.2. The minimum atomic E-state index is -2.67. The number of anilines is 1. The Bertz CT molecular complexity index is 1580. The largest absolute Gasteiger partial charge is 0.510 e. The number of hydrogen-bond acceptors (Lipinski definition) is 9. The van der Waals surface area contributed by atoms with Gasteiger partial charge in [-0.2, -0.15) is 0 Å². The molecule has 1 amide bonds. The van der Waals surface area contributed by atoms with Crippen molar-refractivity contribution in [2.75, 3.05) is 19.8 Å². The van der Waals surface area contributed by atoms with E-state index in [9.17, 15) is 34.8 Å². The van der Waals surface area contributed by atoms with Gasteiger partial charge in [-0.25, -0.2) is 0 Å². The summed E-state index contributed by atoms with van der Waals surface area (Å²) in [7, 11) is 3.16. The molecule has 0 fully saturated rings. The number of nitrogens with two attached hydrogens (primary N) is 2. The number of phenolic OH excluding ortho intramolecular Hbond substituents is 1. The maximum atomic E-state index is 13.7. The molecular weight excluding hydrogens is 502 g/mol. The Morgan fingerprint density at radius 2 is 1.72 bits per heavy atom. The number of nitrogen functional groups attached to an aromatic ring is 1. The van der Waals surface area contributed by atoms with Crippen LogP contribution in [0.3, 0.4) is 0 Å². The van der Waals surface area contributed by atoms with Crippen LogP contribution in [-0.4, -0.2) is 68.5 Å². The quantitative estimate of drug-likeness (QED) is 0.188. The van der Waals surface area contributed by atoms with E-state index in [0.29, 0.717) is 22.4 Å². The number of aliphatic hydroxyl groups is 3. The maximum absolute atomic E-state index is 13.7. The van der Waals surface area contributed by atoms with Crippen LogP contribution in [0, 0.1) is 23.7 Å². The minimum absolute atomic E-state index is 0.00620. The molecule has 39 heavy (non-hydrogen) atoms. The number of fused-ring (bicyclic) bond motifs is 3. The molecule has 10 heteroatoms. The number of Topliss-reactive ketones (excluding diaryl/α,β-unsaturated/α-hetero) is 2. The minimum Gasteiger partial charge on any atom is -0.510 e. The third-order valence-corrected chi connectivity index (χ3v) is 7.86. The van der Waals surface area contributed by atoms with Gasteiger partial charge in [0.05, 0.1) is 11.6 Å². The number of rotatable bonds is 2. The highest BCUT2D eigenvalue weighted by molar-refractivity contribution is 6.24. The molecule has 3 aliphatic carbocycles. The molecule has 4 unspecified atom stereocenters. The number of allylic oxidation sites excluding steroid dienone is 1. The van der Waals surface area contributed by atoms with Crippen molar-refractivity contribution in [3.8, 4) is 17.6 Å². The van der Waals surface area contributed by atoms with Gasteiger partial charge in [0, 0.05) is 28.3 Å². The number of carbonyl (C=O) groups excluding carboxylic acids is 3. The Morgan fingerprint density at radius 3 is 2.33 bits per heavy atom. The fourth-order valence-electron chi connectivity index (χ4n) is 6.07. The van der Waals surface area contributed by atoms with Crippen molar-refractivity contribution in [3.63, 3.8) is 0 Å². The number of amides is 1. The fraction of sp³-hybridized carbons (Fsp3) is 0.276. The van der Waals surface area contributed by atoms with E-state index in [4.69, 9.17) is 11.5 Å². The van der Waals surface area contributed by atoms with Gasteiger partial charge in [-0.3, -0.25) is 19.3 Å². The highest BCUT2D eigenvalue weighted by atomic mass is 16.3. The van der Waals surface area contributed by atoms with Gasteiger partial charge in [0.25, 0.3) is 5.91 Å². The molecule has 0 aliphatic heterocycles. The molecule has 0 spiro atoms. The lowest BCUT2D eigenvalue weighted by atomic mass is 9.58. The lowest BCUT2D eigenvalue weighted by molar-refractivity contribution is -0.148. The summed E-state index contributed by atoms with van der Waals surface area (Å²) in [4.78, 5) is 40.7. The molecule has 5 rings (SSSR count). The van der Waals surface area contributed by atoms with E-state index >= 15 is 0 Å². The van der Waals surface area contributed by atoms with Gasteiger partial charge in [-0.1, -0.05) is 11.8 Å². The van der Waals surface area contributed by atoms with E-state index < -0.39 is 58.0 Å². The summed E-state index contributed by atoms with van der Waals surface area (Å²) in [6.07, 6.45) is 0.168. The average Bonchev–Trinajstić information content (AvgIpc) is 2.86. The number of likely N-dealkylation sites (N-methyl/N-ethyl adjacent to an activating group) is 1. The van der Waals surface area contributed by atoms with Crippen LogP contribution in [0.5, 0.6) is 5.75 Å². The standard InChI is InChI=1S/C29H27N3O7/c1-32(2)23-18-12-15-11-17-14(6-3-13-4-8-16(30)9-5-13)7-10-19(33)21(17)24(34)20(15)26(36)29(18,39)27(37)22(25(23)35)28(31)38/h4-5,7-10,15,18,23,33,35-36,39H,11-12,30H2,1-2H3,(H2,31,38).